The highest BCUT2D eigenvalue weighted by atomic mass is 16.5. The van der Waals surface area contributed by atoms with Crippen molar-refractivity contribution in [3.63, 3.8) is 0 Å². The Morgan fingerprint density at radius 2 is 2.03 bits per heavy atom. The van der Waals surface area contributed by atoms with E-state index in [9.17, 15) is 4.79 Å². The summed E-state index contributed by atoms with van der Waals surface area (Å²) >= 11 is 0. The summed E-state index contributed by atoms with van der Waals surface area (Å²) in [4.78, 5) is 23.2. The van der Waals surface area contributed by atoms with Crippen LogP contribution in [-0.2, 0) is 22.4 Å². The van der Waals surface area contributed by atoms with Gasteiger partial charge in [-0.2, -0.15) is 5.10 Å². The van der Waals surface area contributed by atoms with Crippen molar-refractivity contribution in [2.75, 3.05) is 25.2 Å². The van der Waals surface area contributed by atoms with Crippen molar-refractivity contribution in [1.29, 1.82) is 0 Å². The van der Waals surface area contributed by atoms with Crippen LogP contribution in [-0.4, -0.2) is 46.3 Å². The van der Waals surface area contributed by atoms with Crippen LogP contribution in [0.3, 0.4) is 0 Å². The molecule has 3 heterocycles. The summed E-state index contributed by atoms with van der Waals surface area (Å²) in [7, 11) is 1.86. The van der Waals surface area contributed by atoms with Gasteiger partial charge in [-0.3, -0.25) is 9.89 Å². The zero-order valence-electron chi connectivity index (χ0n) is 18.1. The number of carbonyl (C=O) groups is 1. The number of imidazole rings is 1. The molecule has 31 heavy (non-hydrogen) atoms. The van der Waals surface area contributed by atoms with Gasteiger partial charge in [-0.15, -0.1) is 0 Å². The number of anilines is 1. The van der Waals surface area contributed by atoms with Gasteiger partial charge < -0.3 is 14.6 Å². The van der Waals surface area contributed by atoms with E-state index >= 15 is 0 Å². The summed E-state index contributed by atoms with van der Waals surface area (Å²) in [6.07, 6.45) is 5.49. The molecule has 2 aliphatic carbocycles. The Kier molecular flexibility index (Phi) is 4.42. The number of ether oxygens (including phenoxy) is 1. The van der Waals surface area contributed by atoms with Crippen molar-refractivity contribution < 1.29 is 9.53 Å². The first-order valence-corrected chi connectivity index (χ1v) is 11.5. The molecule has 0 spiro atoms. The van der Waals surface area contributed by atoms with Crippen LogP contribution in [0.5, 0.6) is 0 Å². The smallest absolute Gasteiger partial charge is 0.229 e. The number of aromatic nitrogens is 4. The van der Waals surface area contributed by atoms with E-state index in [1.54, 1.807) is 4.90 Å². The van der Waals surface area contributed by atoms with Crippen LogP contribution in [0.2, 0.25) is 0 Å². The molecule has 3 aromatic rings. The van der Waals surface area contributed by atoms with Gasteiger partial charge in [0.2, 0.25) is 5.91 Å². The maximum Gasteiger partial charge on any atom is 0.229 e. The van der Waals surface area contributed by atoms with Crippen molar-refractivity contribution in [2.24, 2.45) is 23.7 Å². The topological polar surface area (TPSA) is 86.9 Å². The van der Waals surface area contributed by atoms with Gasteiger partial charge >= 0.3 is 0 Å². The van der Waals surface area contributed by atoms with E-state index in [1.165, 1.54) is 17.7 Å². The molecule has 3 aliphatic rings. The zero-order valence-corrected chi connectivity index (χ0v) is 18.1. The molecule has 162 valence electrons. The van der Waals surface area contributed by atoms with Crippen LogP contribution in [0.4, 0.5) is 5.69 Å². The van der Waals surface area contributed by atoms with Crippen LogP contribution >= 0.6 is 0 Å². The molecule has 7 nitrogen and oxygen atoms in total. The van der Waals surface area contributed by atoms with Crippen LogP contribution in [0.25, 0.3) is 22.6 Å². The molecule has 3 atom stereocenters. The average Bonchev–Trinajstić information content (AvgIpc) is 3.24. The van der Waals surface area contributed by atoms with Crippen molar-refractivity contribution in [3.8, 4) is 11.5 Å². The normalized spacial score (nSPS) is 23.9. The molecule has 2 fully saturated rings. The summed E-state index contributed by atoms with van der Waals surface area (Å²) in [6.45, 7) is 3.56. The second-order valence-electron chi connectivity index (χ2n) is 9.62. The first-order chi connectivity index (χ1) is 15.1. The lowest BCUT2D eigenvalue weighted by atomic mass is 9.86. The van der Waals surface area contributed by atoms with Crippen molar-refractivity contribution in [2.45, 2.75) is 39.0 Å². The van der Waals surface area contributed by atoms with Crippen LogP contribution in [0.1, 0.15) is 37.4 Å². The van der Waals surface area contributed by atoms with Crippen molar-refractivity contribution in [1.82, 2.24) is 20.2 Å². The molecule has 2 aromatic heterocycles. The lowest BCUT2D eigenvalue weighted by molar-refractivity contribution is -0.124. The number of carbonyl (C=O) groups excluding carboxylic acids is 1. The summed E-state index contributed by atoms with van der Waals surface area (Å²) < 4.78 is 5.45. The quantitative estimate of drug-likeness (QED) is 0.675. The van der Waals surface area contributed by atoms with E-state index in [0.29, 0.717) is 5.92 Å². The highest BCUT2D eigenvalue weighted by molar-refractivity contribution is 5.96. The first-order valence-electron chi connectivity index (χ1n) is 11.5. The molecule has 2 N–H and O–H groups in total. The highest BCUT2D eigenvalue weighted by Crippen LogP contribution is 2.49. The lowest BCUT2D eigenvalue weighted by Crippen LogP contribution is -2.37. The Morgan fingerprint density at radius 3 is 2.87 bits per heavy atom. The standard InChI is InChI=1S/C24H29N5O2/c1-13(14-5-7-31-8-6-14)24(30)29(2)17-3-4-19-21(12-17)26-23(25-19)22-18-10-15-9-16(15)11-20(18)27-28-22/h3-4,12-16H,5-11H2,1-2H3,(H,25,26)(H,27,28). The monoisotopic (exact) mass is 419 g/mol. The third-order valence-electron chi connectivity index (χ3n) is 7.73. The molecule has 3 unspecified atom stereocenters. The predicted octanol–water partition coefficient (Wildman–Crippen LogP) is 3.71. The van der Waals surface area contributed by atoms with Gasteiger partial charge in [0, 0.05) is 43.1 Å². The third kappa shape index (κ3) is 3.26. The largest absolute Gasteiger partial charge is 0.381 e. The number of nitrogens with one attached hydrogen (secondary N) is 2. The average molecular weight is 420 g/mol. The highest BCUT2D eigenvalue weighted by Gasteiger charge is 2.43. The minimum atomic E-state index is -0.0128. The Labute approximate surface area is 181 Å². The molecule has 1 saturated heterocycles. The number of benzene rings is 1. The third-order valence-corrected chi connectivity index (χ3v) is 7.73. The van der Waals surface area contributed by atoms with Crippen LogP contribution in [0, 0.1) is 23.7 Å². The number of H-pyrrole nitrogens is 2. The number of rotatable bonds is 4. The molecule has 6 rings (SSSR count). The summed E-state index contributed by atoms with van der Waals surface area (Å²) in [6, 6.07) is 6.01. The van der Waals surface area contributed by atoms with Crippen LogP contribution in [0.15, 0.2) is 18.2 Å². The Hall–Kier alpha value is -2.67. The molecule has 1 amide bonds. The minimum Gasteiger partial charge on any atom is -0.381 e. The van der Waals surface area contributed by atoms with Gasteiger partial charge in [-0.05, 0) is 68.1 Å². The van der Waals surface area contributed by atoms with E-state index in [2.05, 4.69) is 15.2 Å². The summed E-state index contributed by atoms with van der Waals surface area (Å²) in [5.74, 6) is 3.03. The Bertz CT molecular complexity index is 1140. The molecule has 1 aromatic carbocycles. The maximum absolute atomic E-state index is 13.1. The number of amides is 1. The molecule has 1 saturated carbocycles. The number of hydrogen-bond donors (Lipinski definition) is 2. The number of hydrogen-bond acceptors (Lipinski definition) is 4. The van der Waals surface area contributed by atoms with Gasteiger partial charge in [-0.25, -0.2) is 4.98 Å². The van der Waals surface area contributed by atoms with E-state index in [1.807, 2.05) is 32.2 Å². The molecule has 7 heteroatoms. The number of aromatic amines is 2. The zero-order chi connectivity index (χ0) is 21.1. The predicted molar refractivity (Wildman–Crippen MR) is 119 cm³/mol. The first kappa shape index (κ1) is 19.0. The lowest BCUT2D eigenvalue weighted by Gasteiger charge is -2.30. The molecule has 0 bridgehead atoms. The summed E-state index contributed by atoms with van der Waals surface area (Å²) in [5.41, 5.74) is 6.27. The fourth-order valence-corrected chi connectivity index (χ4v) is 5.49. The van der Waals surface area contributed by atoms with Gasteiger partial charge in [0.05, 0.1) is 11.0 Å². The van der Waals surface area contributed by atoms with E-state index < -0.39 is 0 Å². The Morgan fingerprint density at radius 1 is 1.23 bits per heavy atom. The Balaban J connectivity index is 1.26. The molecular weight excluding hydrogens is 390 g/mol. The molecular formula is C24H29N5O2. The van der Waals surface area contributed by atoms with Gasteiger partial charge in [0.15, 0.2) is 5.82 Å². The van der Waals surface area contributed by atoms with Crippen molar-refractivity contribution in [3.05, 3.63) is 29.5 Å². The number of nitrogens with zero attached hydrogens (tertiary/aromatic N) is 3. The SMILES string of the molecule is CC(C(=O)N(C)c1ccc2[nH]c(-c3n[nH]c4c3CC3CC3C4)nc2c1)C1CCOCC1. The second-order valence-corrected chi connectivity index (χ2v) is 9.62. The van der Waals surface area contributed by atoms with Gasteiger partial charge in [0.25, 0.3) is 0 Å². The van der Waals surface area contributed by atoms with Crippen molar-refractivity contribution >= 4 is 22.6 Å². The fraction of sp³-hybridized carbons (Fsp3) is 0.542. The maximum atomic E-state index is 13.1. The van der Waals surface area contributed by atoms with Gasteiger partial charge in [0.1, 0.15) is 5.69 Å². The van der Waals surface area contributed by atoms with E-state index in [4.69, 9.17) is 9.72 Å². The molecule has 1 aliphatic heterocycles. The minimum absolute atomic E-state index is 0.0128. The van der Waals surface area contributed by atoms with Crippen LogP contribution < -0.4 is 4.90 Å². The van der Waals surface area contributed by atoms with E-state index in [-0.39, 0.29) is 11.8 Å². The summed E-state index contributed by atoms with van der Waals surface area (Å²) in [5, 5.41) is 7.83. The van der Waals surface area contributed by atoms with Gasteiger partial charge in [-0.1, -0.05) is 6.92 Å². The number of fused-ring (bicyclic) bond motifs is 3. The second kappa shape index (κ2) is 7.19. The van der Waals surface area contributed by atoms with E-state index in [0.717, 1.165) is 79.0 Å². The molecule has 0 radical (unpaired) electrons. The fourth-order valence-electron chi connectivity index (χ4n) is 5.49.